The summed E-state index contributed by atoms with van der Waals surface area (Å²) in [6, 6.07) is 6.32. The van der Waals surface area contributed by atoms with Gasteiger partial charge in [-0.15, -0.1) is 0 Å². The Morgan fingerprint density at radius 3 is 2.80 bits per heavy atom. The fourth-order valence-corrected chi connectivity index (χ4v) is 3.85. The molecule has 0 amide bonds. The van der Waals surface area contributed by atoms with Gasteiger partial charge in [0.15, 0.2) is 0 Å². The average molecular weight is 506 g/mol. The number of hydrogen-bond donors (Lipinski definition) is 1. The molecule has 125 valence electrons. The third-order valence-corrected chi connectivity index (χ3v) is 5.17. The molecule has 2 N–H and O–H groups in total. The van der Waals surface area contributed by atoms with Gasteiger partial charge in [-0.1, -0.05) is 0 Å². The first-order chi connectivity index (χ1) is 12.1. The van der Waals surface area contributed by atoms with Crippen molar-refractivity contribution in [1.82, 2.24) is 29.5 Å². The van der Waals surface area contributed by atoms with Crippen LogP contribution in [-0.2, 0) is 19.8 Å². The Hall–Kier alpha value is -2.60. The summed E-state index contributed by atoms with van der Waals surface area (Å²) in [4.78, 5) is 8.42. The molecule has 0 fully saturated rings. The van der Waals surface area contributed by atoms with Gasteiger partial charge in [0.2, 0.25) is 0 Å². The van der Waals surface area contributed by atoms with Crippen LogP contribution in [0.5, 0.6) is 0 Å². The Kier molecular flexibility index (Phi) is 3.84. The van der Waals surface area contributed by atoms with E-state index in [0.29, 0.717) is 17.2 Å². The van der Waals surface area contributed by atoms with E-state index < -0.39 is 0 Å². The van der Waals surface area contributed by atoms with Crippen molar-refractivity contribution in [2.24, 2.45) is 0 Å². The Balaban J connectivity index is 1.77. The van der Waals surface area contributed by atoms with E-state index in [4.69, 9.17) is 5.73 Å². The minimum atomic E-state index is -0.349. The molecule has 3 heterocycles. The molecule has 9 heteroatoms. The molecule has 1 aromatic carbocycles. The van der Waals surface area contributed by atoms with E-state index in [1.807, 2.05) is 17.7 Å². The number of nitrogens with two attached hydrogens (primary N) is 1. The molecule has 0 radical (unpaired) electrons. The van der Waals surface area contributed by atoms with Crippen molar-refractivity contribution in [2.45, 2.75) is 13.0 Å². The van der Waals surface area contributed by atoms with Crippen LogP contribution in [0.4, 0.5) is 10.2 Å². The van der Waals surface area contributed by atoms with E-state index in [1.54, 1.807) is 24.4 Å². The van der Waals surface area contributed by atoms with Crippen molar-refractivity contribution in [2.75, 3.05) is 5.73 Å². The molecular formula is C16H13FN7W. The van der Waals surface area contributed by atoms with Crippen LogP contribution in [-0.4, -0.2) is 29.5 Å². The number of fused-ring (bicyclic) bond motifs is 1. The number of rotatable bonds is 3. The summed E-state index contributed by atoms with van der Waals surface area (Å²) in [5, 5.41) is 9.13. The number of nitrogens with zero attached hydrogens (tertiary/aromatic N) is 6. The van der Waals surface area contributed by atoms with Gasteiger partial charge in [0.1, 0.15) is 0 Å². The number of benzene rings is 1. The standard InChI is InChI=1S/C16H13FN7.W/c1-10(23-7-6-11-15(18)19-9-20-16(11)23)13-8-24(22-21-13)14-5-3-2-4-12(14)17;/h2-5,7-10H,1H3,(H2,18,19,20);. The van der Waals surface area contributed by atoms with Crippen molar-refractivity contribution in [3.05, 3.63) is 54.5 Å². The number of para-hydroxylation sites is 1. The average Bonchev–Trinajstić information content (AvgIpc) is 3.21. The van der Waals surface area contributed by atoms with Crippen LogP contribution in [0.25, 0.3) is 16.7 Å². The van der Waals surface area contributed by atoms with Gasteiger partial charge in [-0.25, -0.2) is 0 Å². The summed E-state index contributed by atoms with van der Waals surface area (Å²) in [6.07, 6.45) is 5.17. The Labute approximate surface area is 153 Å². The molecule has 4 aromatic rings. The second-order valence-electron chi connectivity index (χ2n) is 5.57. The van der Waals surface area contributed by atoms with Crippen LogP contribution >= 0.6 is 0 Å². The first kappa shape index (κ1) is 15.9. The van der Waals surface area contributed by atoms with Crippen LogP contribution in [0.1, 0.15) is 18.7 Å². The van der Waals surface area contributed by atoms with E-state index >= 15 is 0 Å². The summed E-state index contributed by atoms with van der Waals surface area (Å²) in [6.45, 7) is 1.99. The Morgan fingerprint density at radius 2 is 2.00 bits per heavy atom. The topological polar surface area (TPSA) is 87.4 Å². The quantitative estimate of drug-likeness (QED) is 0.456. The van der Waals surface area contributed by atoms with Gasteiger partial charge in [-0.05, 0) is 0 Å². The first-order valence-electron chi connectivity index (χ1n) is 7.51. The number of anilines is 1. The van der Waals surface area contributed by atoms with E-state index in [-0.39, 0.29) is 11.9 Å². The predicted molar refractivity (Wildman–Crippen MR) is 86.7 cm³/mol. The molecule has 0 saturated carbocycles. The second kappa shape index (κ2) is 6.04. The van der Waals surface area contributed by atoms with Crippen LogP contribution in [0.2, 0.25) is 0 Å². The molecule has 3 aromatic heterocycles. The minimum absolute atomic E-state index is 0.134. The summed E-state index contributed by atoms with van der Waals surface area (Å²) < 4.78 is 18.4. The second-order valence-corrected chi connectivity index (χ2v) is 7.15. The van der Waals surface area contributed by atoms with Crippen LogP contribution in [0.3, 0.4) is 0 Å². The van der Waals surface area contributed by atoms with E-state index in [0.717, 1.165) is 15.0 Å². The molecule has 0 aliphatic heterocycles. The van der Waals surface area contributed by atoms with Gasteiger partial charge in [0, 0.05) is 0 Å². The van der Waals surface area contributed by atoms with Gasteiger partial charge in [-0.2, -0.15) is 0 Å². The van der Waals surface area contributed by atoms with Gasteiger partial charge in [0.25, 0.3) is 0 Å². The normalized spacial score (nSPS) is 12.6. The zero-order valence-electron chi connectivity index (χ0n) is 13.2. The molecule has 1 atom stereocenters. The number of aromatic nitrogens is 6. The van der Waals surface area contributed by atoms with Gasteiger partial charge < -0.3 is 0 Å². The first-order valence-corrected chi connectivity index (χ1v) is 8.98. The molecule has 0 aliphatic rings. The molecule has 1 unspecified atom stereocenters. The SMILES string of the molecule is CC(c1cn(-c2ccccc2F)nn1)n1c[c]([W])c2c(N)ncnc21. The Morgan fingerprint density at radius 1 is 1.20 bits per heavy atom. The van der Waals surface area contributed by atoms with E-state index in [2.05, 4.69) is 20.3 Å². The van der Waals surface area contributed by atoms with Gasteiger partial charge in [0.05, 0.1) is 0 Å². The van der Waals surface area contributed by atoms with Gasteiger partial charge in [-0.3, -0.25) is 0 Å². The van der Waals surface area contributed by atoms with Crippen molar-refractivity contribution < 1.29 is 24.2 Å². The van der Waals surface area contributed by atoms with Crippen LogP contribution in [0.15, 0.2) is 43.0 Å². The summed E-state index contributed by atoms with van der Waals surface area (Å²) in [7, 11) is 0. The van der Waals surface area contributed by atoms with Gasteiger partial charge >= 0.3 is 153 Å². The molecule has 25 heavy (non-hydrogen) atoms. The molecule has 7 nitrogen and oxygen atoms in total. The van der Waals surface area contributed by atoms with Crippen LogP contribution in [0, 0.1) is 5.82 Å². The van der Waals surface area contributed by atoms with Crippen molar-refractivity contribution in [3.8, 4) is 5.69 Å². The molecule has 0 spiro atoms. The third-order valence-electron chi connectivity index (χ3n) is 4.06. The number of hydrogen-bond acceptors (Lipinski definition) is 5. The maximum atomic E-state index is 13.9. The van der Waals surface area contributed by atoms with Crippen molar-refractivity contribution in [3.63, 3.8) is 0 Å². The molecule has 0 bridgehead atoms. The third kappa shape index (κ3) is 2.62. The van der Waals surface area contributed by atoms with E-state index in [1.165, 1.54) is 36.9 Å². The zero-order chi connectivity index (χ0) is 17.6. The fraction of sp³-hybridized carbons (Fsp3) is 0.125. The van der Waals surface area contributed by atoms with E-state index in [9.17, 15) is 4.39 Å². The summed E-state index contributed by atoms with van der Waals surface area (Å²) >= 11 is 1.28. The molecule has 0 saturated heterocycles. The van der Waals surface area contributed by atoms with Crippen LogP contribution < -0.4 is 9.69 Å². The number of nitrogen functional groups attached to an aromatic ring is 1. The summed E-state index contributed by atoms with van der Waals surface area (Å²) in [5.41, 5.74) is 7.80. The summed E-state index contributed by atoms with van der Waals surface area (Å²) in [5.74, 6) is 0.119. The van der Waals surface area contributed by atoms with Crippen molar-refractivity contribution in [1.29, 1.82) is 0 Å². The molecule has 4 rings (SSSR count). The Bertz CT molecular complexity index is 1070. The molecular weight excluding hydrogens is 493 g/mol. The zero-order valence-corrected chi connectivity index (χ0v) is 16.1. The maximum absolute atomic E-state index is 13.9. The molecule has 0 aliphatic carbocycles. The van der Waals surface area contributed by atoms with Crippen molar-refractivity contribution >= 4 is 20.8 Å². The monoisotopic (exact) mass is 506 g/mol. The number of halogens is 1. The fourth-order valence-electron chi connectivity index (χ4n) is 2.73. The predicted octanol–water partition coefficient (Wildman–Crippen LogP) is 1.51.